The van der Waals surface area contributed by atoms with Crippen LogP contribution in [0.2, 0.25) is 0 Å². The second-order valence-electron chi connectivity index (χ2n) is 6.30. The topological polar surface area (TPSA) is 12.0 Å². The fourth-order valence-electron chi connectivity index (χ4n) is 3.59. The third-order valence-corrected chi connectivity index (χ3v) is 5.72. The third-order valence-electron chi connectivity index (χ3n) is 4.78. The maximum absolute atomic E-state index is 13.4. The largest absolute Gasteiger partial charge is 0.310 e. The van der Waals surface area contributed by atoms with Crippen molar-refractivity contribution in [3.8, 4) is 0 Å². The Bertz CT molecular complexity index is 449. The highest BCUT2D eigenvalue weighted by Gasteiger charge is 2.29. The molecule has 0 amide bonds. The van der Waals surface area contributed by atoms with Crippen LogP contribution in [-0.2, 0) is 0 Å². The summed E-state index contributed by atoms with van der Waals surface area (Å²) in [6, 6.07) is 5.64. The van der Waals surface area contributed by atoms with E-state index in [1.54, 1.807) is 12.1 Å². The van der Waals surface area contributed by atoms with Crippen LogP contribution in [0, 0.1) is 21.2 Å². The highest BCUT2D eigenvalue weighted by Crippen LogP contribution is 2.39. The fraction of sp³-hybridized carbons (Fsp3) is 0.667. The molecule has 0 aliphatic heterocycles. The molecule has 1 saturated carbocycles. The summed E-state index contributed by atoms with van der Waals surface area (Å²) in [5, 5.41) is 3.73. The maximum Gasteiger partial charge on any atom is 0.124 e. The predicted molar refractivity (Wildman–Crippen MR) is 95.9 cm³/mol. The smallest absolute Gasteiger partial charge is 0.124 e. The van der Waals surface area contributed by atoms with Gasteiger partial charge in [-0.25, -0.2) is 4.39 Å². The van der Waals surface area contributed by atoms with E-state index in [1.807, 2.05) is 6.07 Å². The van der Waals surface area contributed by atoms with Gasteiger partial charge in [0.15, 0.2) is 0 Å². The molecular formula is C18H27FIN. The first kappa shape index (κ1) is 17.2. The number of rotatable bonds is 6. The van der Waals surface area contributed by atoms with Crippen LogP contribution in [0.3, 0.4) is 0 Å². The van der Waals surface area contributed by atoms with Gasteiger partial charge in [0.2, 0.25) is 0 Å². The first-order valence-corrected chi connectivity index (χ1v) is 9.41. The van der Waals surface area contributed by atoms with Crippen molar-refractivity contribution < 1.29 is 4.39 Å². The van der Waals surface area contributed by atoms with Gasteiger partial charge in [0.1, 0.15) is 5.82 Å². The van der Waals surface area contributed by atoms with E-state index in [4.69, 9.17) is 0 Å². The number of hydrogen-bond acceptors (Lipinski definition) is 1. The van der Waals surface area contributed by atoms with Crippen LogP contribution in [0.15, 0.2) is 18.2 Å². The highest BCUT2D eigenvalue weighted by atomic mass is 127. The molecule has 1 nitrogen and oxygen atoms in total. The molecule has 0 aromatic heterocycles. The number of nitrogens with one attached hydrogen (secondary N) is 1. The van der Waals surface area contributed by atoms with Crippen LogP contribution in [0.25, 0.3) is 0 Å². The second-order valence-corrected chi connectivity index (χ2v) is 7.46. The van der Waals surface area contributed by atoms with Crippen molar-refractivity contribution in [1.29, 1.82) is 0 Å². The summed E-state index contributed by atoms with van der Waals surface area (Å²) in [6.07, 6.45) is 7.76. The molecule has 1 aromatic rings. The minimum atomic E-state index is -0.132. The van der Waals surface area contributed by atoms with Gasteiger partial charge < -0.3 is 5.32 Å². The summed E-state index contributed by atoms with van der Waals surface area (Å²) >= 11 is 2.28. The molecule has 0 bridgehead atoms. The van der Waals surface area contributed by atoms with Crippen molar-refractivity contribution in [2.24, 2.45) is 11.8 Å². The molecule has 0 heterocycles. The minimum absolute atomic E-state index is 0.132. The summed E-state index contributed by atoms with van der Waals surface area (Å²) < 4.78 is 14.5. The summed E-state index contributed by atoms with van der Waals surface area (Å²) in [7, 11) is 0. The average molecular weight is 403 g/mol. The van der Waals surface area contributed by atoms with Gasteiger partial charge in [-0.05, 0) is 77.9 Å². The molecule has 3 atom stereocenters. The molecule has 118 valence electrons. The van der Waals surface area contributed by atoms with Gasteiger partial charge in [-0.3, -0.25) is 0 Å². The summed E-state index contributed by atoms with van der Waals surface area (Å²) in [6.45, 7) is 5.55. The Hall–Kier alpha value is -0.160. The van der Waals surface area contributed by atoms with Gasteiger partial charge in [-0.1, -0.05) is 39.2 Å². The minimum Gasteiger partial charge on any atom is -0.310 e. The molecule has 1 aliphatic rings. The molecular weight excluding hydrogens is 376 g/mol. The lowest BCUT2D eigenvalue weighted by molar-refractivity contribution is 0.209. The van der Waals surface area contributed by atoms with Gasteiger partial charge in [0.05, 0.1) is 0 Å². The van der Waals surface area contributed by atoms with Crippen LogP contribution >= 0.6 is 22.6 Å². The zero-order valence-corrected chi connectivity index (χ0v) is 15.3. The number of benzene rings is 1. The standard InChI is InChI=1S/C18H27FIN/c1-3-10-21-18(14-7-5-6-13(4-2)11-14)16-9-8-15(19)12-17(16)20/h8-9,12-14,18,21H,3-7,10-11H2,1-2H3. The van der Waals surface area contributed by atoms with Crippen molar-refractivity contribution in [2.75, 3.05) is 6.54 Å². The van der Waals surface area contributed by atoms with Crippen LogP contribution in [0.4, 0.5) is 4.39 Å². The maximum atomic E-state index is 13.4. The lowest BCUT2D eigenvalue weighted by Gasteiger charge is -2.35. The van der Waals surface area contributed by atoms with E-state index in [0.29, 0.717) is 12.0 Å². The van der Waals surface area contributed by atoms with E-state index in [0.717, 1.165) is 22.5 Å². The normalized spacial score (nSPS) is 24.0. The van der Waals surface area contributed by atoms with Gasteiger partial charge in [-0.15, -0.1) is 0 Å². The molecule has 0 spiro atoms. The zero-order valence-electron chi connectivity index (χ0n) is 13.2. The quantitative estimate of drug-likeness (QED) is 0.602. The fourth-order valence-corrected chi connectivity index (χ4v) is 4.40. The van der Waals surface area contributed by atoms with Crippen LogP contribution in [0.1, 0.15) is 64.0 Å². The zero-order chi connectivity index (χ0) is 15.2. The SMILES string of the molecule is CCCNC(c1ccc(F)cc1I)C1CCCC(CC)C1. The molecule has 1 aromatic carbocycles. The molecule has 21 heavy (non-hydrogen) atoms. The van der Waals surface area contributed by atoms with Crippen molar-refractivity contribution in [3.63, 3.8) is 0 Å². The number of hydrogen-bond donors (Lipinski definition) is 1. The Kier molecular flexibility index (Phi) is 6.93. The summed E-state index contributed by atoms with van der Waals surface area (Å²) in [5.41, 5.74) is 1.28. The van der Waals surface area contributed by atoms with E-state index in [9.17, 15) is 4.39 Å². The molecule has 0 saturated heterocycles. The van der Waals surface area contributed by atoms with Crippen molar-refractivity contribution >= 4 is 22.6 Å². The molecule has 0 radical (unpaired) electrons. The van der Waals surface area contributed by atoms with Crippen molar-refractivity contribution in [2.45, 2.75) is 58.4 Å². The Labute approximate surface area is 142 Å². The van der Waals surface area contributed by atoms with E-state index in [1.165, 1.54) is 37.7 Å². The van der Waals surface area contributed by atoms with Gasteiger partial charge in [0.25, 0.3) is 0 Å². The number of halogens is 2. The lowest BCUT2D eigenvalue weighted by Crippen LogP contribution is -2.32. The van der Waals surface area contributed by atoms with Crippen LogP contribution in [-0.4, -0.2) is 6.54 Å². The molecule has 1 aliphatic carbocycles. The predicted octanol–water partition coefficient (Wildman–Crippen LogP) is 5.69. The Balaban J connectivity index is 2.20. The van der Waals surface area contributed by atoms with Crippen molar-refractivity contribution in [1.82, 2.24) is 5.32 Å². The Morgan fingerprint density at radius 3 is 2.81 bits per heavy atom. The lowest BCUT2D eigenvalue weighted by atomic mass is 9.75. The molecule has 3 heteroatoms. The first-order valence-electron chi connectivity index (χ1n) is 8.34. The second kappa shape index (κ2) is 8.47. The van der Waals surface area contributed by atoms with Gasteiger partial charge in [0, 0.05) is 9.61 Å². The van der Waals surface area contributed by atoms with Crippen LogP contribution in [0.5, 0.6) is 0 Å². The van der Waals surface area contributed by atoms with E-state index in [-0.39, 0.29) is 5.82 Å². The Morgan fingerprint density at radius 1 is 1.33 bits per heavy atom. The molecule has 1 N–H and O–H groups in total. The Morgan fingerprint density at radius 2 is 2.14 bits per heavy atom. The van der Waals surface area contributed by atoms with Crippen LogP contribution < -0.4 is 5.32 Å². The monoisotopic (exact) mass is 403 g/mol. The molecule has 2 rings (SSSR count). The third kappa shape index (κ3) is 4.65. The van der Waals surface area contributed by atoms with E-state index in [2.05, 4.69) is 41.8 Å². The van der Waals surface area contributed by atoms with Gasteiger partial charge >= 0.3 is 0 Å². The summed E-state index contributed by atoms with van der Waals surface area (Å²) in [4.78, 5) is 0. The molecule has 3 unspecified atom stereocenters. The van der Waals surface area contributed by atoms with Gasteiger partial charge in [-0.2, -0.15) is 0 Å². The average Bonchev–Trinajstić information content (AvgIpc) is 2.49. The highest BCUT2D eigenvalue weighted by molar-refractivity contribution is 14.1. The van der Waals surface area contributed by atoms with E-state index < -0.39 is 0 Å². The van der Waals surface area contributed by atoms with Crippen molar-refractivity contribution in [3.05, 3.63) is 33.1 Å². The first-order chi connectivity index (χ1) is 10.2. The molecule has 1 fully saturated rings. The van der Waals surface area contributed by atoms with E-state index >= 15 is 0 Å². The summed E-state index contributed by atoms with van der Waals surface area (Å²) in [5.74, 6) is 1.43.